The minimum atomic E-state index is 0.0163. The van der Waals surface area contributed by atoms with Gasteiger partial charge in [0.2, 0.25) is 5.91 Å². The zero-order valence-corrected chi connectivity index (χ0v) is 7.95. The quantitative estimate of drug-likeness (QED) is 0.594. The summed E-state index contributed by atoms with van der Waals surface area (Å²) in [5.41, 5.74) is 0. The molecule has 2 rings (SSSR count). The van der Waals surface area contributed by atoms with Gasteiger partial charge in [0.05, 0.1) is 6.10 Å². The Hall–Kier alpha value is -0.610. The van der Waals surface area contributed by atoms with Crippen LogP contribution in [0.25, 0.3) is 0 Å². The summed E-state index contributed by atoms with van der Waals surface area (Å²) < 4.78 is 5.48. The Kier molecular flexibility index (Phi) is 2.51. The molecule has 2 saturated heterocycles. The molecule has 4 heteroatoms. The Balaban J connectivity index is 1.84. The van der Waals surface area contributed by atoms with Crippen molar-refractivity contribution in [3.63, 3.8) is 0 Å². The van der Waals surface area contributed by atoms with Gasteiger partial charge in [-0.2, -0.15) is 0 Å². The number of rotatable bonds is 1. The van der Waals surface area contributed by atoms with E-state index in [2.05, 4.69) is 17.3 Å². The summed E-state index contributed by atoms with van der Waals surface area (Å²) >= 11 is 0. The molecule has 0 aliphatic carbocycles. The zero-order chi connectivity index (χ0) is 9.26. The molecule has 0 saturated carbocycles. The van der Waals surface area contributed by atoms with Gasteiger partial charge in [-0.05, 0) is 20.0 Å². The Morgan fingerprint density at radius 2 is 2.46 bits per heavy atom. The van der Waals surface area contributed by atoms with Crippen molar-refractivity contribution in [2.75, 3.05) is 33.3 Å². The number of morpholine rings is 1. The molecule has 0 aromatic carbocycles. The second-order valence-electron chi connectivity index (χ2n) is 3.96. The molecule has 2 fully saturated rings. The summed E-state index contributed by atoms with van der Waals surface area (Å²) in [6.07, 6.45) is 1.43. The van der Waals surface area contributed by atoms with Crippen LogP contribution in [0.15, 0.2) is 0 Å². The number of carbonyl (C=O) groups excluding carboxylic acids is 1. The van der Waals surface area contributed by atoms with Crippen LogP contribution in [0.5, 0.6) is 0 Å². The van der Waals surface area contributed by atoms with Crippen LogP contribution in [0.4, 0.5) is 0 Å². The molecule has 2 atom stereocenters. The molecule has 1 N–H and O–H groups in total. The Bertz CT molecular complexity index is 198. The van der Waals surface area contributed by atoms with E-state index in [-0.39, 0.29) is 18.6 Å². The van der Waals surface area contributed by atoms with E-state index in [4.69, 9.17) is 4.74 Å². The molecule has 1 amide bonds. The first-order valence-electron chi connectivity index (χ1n) is 4.82. The molecule has 2 unspecified atom stereocenters. The first kappa shape index (κ1) is 8.97. The van der Waals surface area contributed by atoms with Crippen LogP contribution in [0, 0.1) is 5.92 Å². The molecule has 2 heterocycles. The van der Waals surface area contributed by atoms with Crippen molar-refractivity contribution < 1.29 is 9.53 Å². The van der Waals surface area contributed by atoms with E-state index >= 15 is 0 Å². The molecular formula is C9H16N2O2. The van der Waals surface area contributed by atoms with Gasteiger partial charge in [0.25, 0.3) is 0 Å². The number of hydrogen-bond donors (Lipinski definition) is 1. The van der Waals surface area contributed by atoms with Crippen LogP contribution in [-0.2, 0) is 9.53 Å². The normalized spacial score (nSPS) is 36.2. The third-order valence-corrected chi connectivity index (χ3v) is 2.88. The lowest BCUT2D eigenvalue weighted by molar-refractivity contribution is -0.135. The van der Waals surface area contributed by atoms with E-state index in [1.807, 2.05) is 0 Å². The molecule has 0 bridgehead atoms. The SMILES string of the molecule is CN1CCC(C2CNC(=O)CO2)C1. The topological polar surface area (TPSA) is 41.6 Å². The minimum Gasteiger partial charge on any atom is -0.366 e. The summed E-state index contributed by atoms with van der Waals surface area (Å²) in [4.78, 5) is 13.2. The lowest BCUT2D eigenvalue weighted by atomic mass is 10.0. The van der Waals surface area contributed by atoms with Crippen molar-refractivity contribution in [1.82, 2.24) is 10.2 Å². The molecule has 0 aromatic rings. The number of likely N-dealkylation sites (tertiary alicyclic amines) is 1. The van der Waals surface area contributed by atoms with E-state index in [9.17, 15) is 4.79 Å². The number of ether oxygens (including phenoxy) is 1. The van der Waals surface area contributed by atoms with Gasteiger partial charge < -0.3 is 15.0 Å². The summed E-state index contributed by atoms with van der Waals surface area (Å²) in [5, 5.41) is 2.84. The maximum Gasteiger partial charge on any atom is 0.246 e. The van der Waals surface area contributed by atoms with Gasteiger partial charge in [-0.25, -0.2) is 0 Å². The maximum atomic E-state index is 10.8. The fourth-order valence-electron chi connectivity index (χ4n) is 2.08. The molecule has 74 valence electrons. The van der Waals surface area contributed by atoms with Crippen molar-refractivity contribution in [3.05, 3.63) is 0 Å². The molecule has 0 aromatic heterocycles. The zero-order valence-electron chi connectivity index (χ0n) is 7.95. The fraction of sp³-hybridized carbons (Fsp3) is 0.889. The van der Waals surface area contributed by atoms with Crippen LogP contribution in [-0.4, -0.2) is 50.2 Å². The highest BCUT2D eigenvalue weighted by Crippen LogP contribution is 2.21. The van der Waals surface area contributed by atoms with Crippen LogP contribution in [0.3, 0.4) is 0 Å². The third kappa shape index (κ3) is 2.00. The number of carbonyl (C=O) groups is 1. The van der Waals surface area contributed by atoms with E-state index in [0.29, 0.717) is 12.5 Å². The number of nitrogens with one attached hydrogen (secondary N) is 1. The largest absolute Gasteiger partial charge is 0.366 e. The molecule has 0 radical (unpaired) electrons. The highest BCUT2D eigenvalue weighted by molar-refractivity contribution is 5.77. The predicted molar refractivity (Wildman–Crippen MR) is 48.4 cm³/mol. The first-order valence-corrected chi connectivity index (χ1v) is 4.82. The highest BCUT2D eigenvalue weighted by Gasteiger charge is 2.31. The second-order valence-corrected chi connectivity index (χ2v) is 3.96. The van der Waals surface area contributed by atoms with Crippen molar-refractivity contribution in [2.24, 2.45) is 5.92 Å². The van der Waals surface area contributed by atoms with Crippen molar-refractivity contribution >= 4 is 5.91 Å². The standard InChI is InChI=1S/C9H16N2O2/c1-11-3-2-7(5-11)8-4-10-9(12)6-13-8/h7-8H,2-6H2,1H3,(H,10,12). The predicted octanol–water partition coefficient (Wildman–Crippen LogP) is -0.547. The molecule has 13 heavy (non-hydrogen) atoms. The number of hydrogen-bond acceptors (Lipinski definition) is 3. The van der Waals surface area contributed by atoms with Crippen molar-refractivity contribution in [3.8, 4) is 0 Å². The Morgan fingerprint density at radius 1 is 1.62 bits per heavy atom. The van der Waals surface area contributed by atoms with E-state index in [1.54, 1.807) is 0 Å². The van der Waals surface area contributed by atoms with Crippen LogP contribution in [0.1, 0.15) is 6.42 Å². The molecule has 2 aliphatic heterocycles. The molecule has 0 spiro atoms. The van der Waals surface area contributed by atoms with E-state index in [0.717, 1.165) is 13.1 Å². The van der Waals surface area contributed by atoms with Crippen LogP contribution >= 0.6 is 0 Å². The lowest BCUT2D eigenvalue weighted by Crippen LogP contribution is -2.46. The third-order valence-electron chi connectivity index (χ3n) is 2.88. The molecule has 4 nitrogen and oxygen atoms in total. The van der Waals surface area contributed by atoms with Gasteiger partial charge in [-0.1, -0.05) is 0 Å². The van der Waals surface area contributed by atoms with Gasteiger partial charge in [0.1, 0.15) is 6.61 Å². The van der Waals surface area contributed by atoms with Gasteiger partial charge >= 0.3 is 0 Å². The van der Waals surface area contributed by atoms with Gasteiger partial charge in [-0.15, -0.1) is 0 Å². The molecule has 2 aliphatic rings. The van der Waals surface area contributed by atoms with Gasteiger partial charge in [0.15, 0.2) is 0 Å². The summed E-state index contributed by atoms with van der Waals surface area (Å²) in [5.74, 6) is 0.619. The van der Waals surface area contributed by atoms with Crippen LogP contribution in [0.2, 0.25) is 0 Å². The first-order chi connectivity index (χ1) is 6.25. The minimum absolute atomic E-state index is 0.0163. The number of amides is 1. The lowest BCUT2D eigenvalue weighted by Gasteiger charge is -2.27. The summed E-state index contributed by atoms with van der Waals surface area (Å²) in [7, 11) is 2.13. The van der Waals surface area contributed by atoms with Gasteiger partial charge in [0, 0.05) is 19.0 Å². The van der Waals surface area contributed by atoms with E-state index < -0.39 is 0 Å². The van der Waals surface area contributed by atoms with Gasteiger partial charge in [-0.3, -0.25) is 4.79 Å². The monoisotopic (exact) mass is 184 g/mol. The summed E-state index contributed by atoms with van der Waals surface area (Å²) in [6, 6.07) is 0. The Morgan fingerprint density at radius 3 is 3.00 bits per heavy atom. The van der Waals surface area contributed by atoms with E-state index in [1.165, 1.54) is 6.42 Å². The average Bonchev–Trinajstić information content (AvgIpc) is 2.53. The Labute approximate surface area is 78.2 Å². The van der Waals surface area contributed by atoms with Crippen molar-refractivity contribution in [2.45, 2.75) is 12.5 Å². The maximum absolute atomic E-state index is 10.8. The average molecular weight is 184 g/mol. The van der Waals surface area contributed by atoms with Crippen molar-refractivity contribution in [1.29, 1.82) is 0 Å². The fourth-order valence-corrected chi connectivity index (χ4v) is 2.08. The summed E-state index contributed by atoms with van der Waals surface area (Å²) in [6.45, 7) is 3.18. The smallest absolute Gasteiger partial charge is 0.246 e. The second kappa shape index (κ2) is 3.64. The van der Waals surface area contributed by atoms with Crippen LogP contribution < -0.4 is 5.32 Å². The number of nitrogens with zero attached hydrogens (tertiary/aromatic N) is 1. The highest BCUT2D eigenvalue weighted by atomic mass is 16.5. The molecular weight excluding hydrogens is 168 g/mol.